The molecule has 1 heterocycles. The average molecular weight is 244 g/mol. The number of nitrogens with zero attached hydrogens (tertiary/aromatic N) is 2. The molecule has 1 atom stereocenters. The first-order chi connectivity index (χ1) is 8.71. The number of nitriles is 1. The van der Waals surface area contributed by atoms with Crippen molar-refractivity contribution < 1.29 is 14.3 Å². The molecule has 1 aliphatic heterocycles. The lowest BCUT2D eigenvalue weighted by atomic mass is 10.0. The van der Waals surface area contributed by atoms with Crippen molar-refractivity contribution in [3.05, 3.63) is 29.8 Å². The molecule has 92 valence electrons. The van der Waals surface area contributed by atoms with Crippen LogP contribution in [0.3, 0.4) is 0 Å². The summed E-state index contributed by atoms with van der Waals surface area (Å²) in [5.74, 6) is 0.693. The van der Waals surface area contributed by atoms with Gasteiger partial charge in [-0.15, -0.1) is 0 Å². The van der Waals surface area contributed by atoms with Crippen LogP contribution in [0.1, 0.15) is 5.56 Å². The molecule has 1 aromatic carbocycles. The van der Waals surface area contributed by atoms with Crippen molar-refractivity contribution in [1.82, 2.24) is 0 Å². The maximum atomic E-state index is 11.7. The molecule has 2 rings (SSSR count). The Hall–Kier alpha value is -2.48. The van der Waals surface area contributed by atoms with Gasteiger partial charge >= 0.3 is 6.09 Å². The van der Waals surface area contributed by atoms with E-state index < -0.39 is 12.1 Å². The zero-order valence-electron chi connectivity index (χ0n) is 10.1. The summed E-state index contributed by atoms with van der Waals surface area (Å²) >= 11 is 0. The van der Waals surface area contributed by atoms with Gasteiger partial charge in [-0.2, -0.15) is 5.26 Å². The minimum absolute atomic E-state index is 0.558. The van der Waals surface area contributed by atoms with Gasteiger partial charge in [-0.25, -0.2) is 4.79 Å². The van der Waals surface area contributed by atoms with Crippen molar-refractivity contribution in [3.8, 4) is 11.8 Å². The van der Waals surface area contributed by atoms with E-state index in [4.69, 9.17) is 14.7 Å². The fourth-order valence-corrected chi connectivity index (χ4v) is 1.85. The minimum Gasteiger partial charge on any atom is -0.497 e. The molecule has 0 radical (unpaired) electrons. The molecular weight excluding hydrogens is 232 g/mol. The molecule has 0 aliphatic carbocycles. The second-order valence-corrected chi connectivity index (χ2v) is 3.70. The van der Waals surface area contributed by atoms with Crippen LogP contribution in [0.2, 0.25) is 0 Å². The maximum absolute atomic E-state index is 11.7. The van der Waals surface area contributed by atoms with Gasteiger partial charge in [0, 0.05) is 5.56 Å². The Morgan fingerprint density at radius 3 is 2.83 bits per heavy atom. The average Bonchev–Trinajstić information content (AvgIpc) is 2.44. The molecule has 18 heavy (non-hydrogen) atoms. The van der Waals surface area contributed by atoms with Crippen LogP contribution in [0.15, 0.2) is 24.3 Å². The Balaban J connectivity index is 2.50. The zero-order chi connectivity index (χ0) is 13.1. The van der Waals surface area contributed by atoms with Gasteiger partial charge in [0.05, 0.1) is 26.0 Å². The standard InChI is InChI=1S/C13H12N2O3/c1-17-11-5-6-12-9(7-11)3-4-10(8-14)15(12)13(16)18-2/h3-7,10H,1-2H3. The van der Waals surface area contributed by atoms with Crippen molar-refractivity contribution >= 4 is 17.9 Å². The summed E-state index contributed by atoms with van der Waals surface area (Å²) in [7, 11) is 2.86. The summed E-state index contributed by atoms with van der Waals surface area (Å²) in [6, 6.07) is 6.67. The summed E-state index contributed by atoms with van der Waals surface area (Å²) in [5, 5.41) is 9.06. The van der Waals surface area contributed by atoms with Gasteiger partial charge < -0.3 is 9.47 Å². The lowest BCUT2D eigenvalue weighted by molar-refractivity contribution is 0.178. The Labute approximate surface area is 105 Å². The molecule has 0 fully saturated rings. The molecule has 1 amide bonds. The minimum atomic E-state index is -0.654. The summed E-state index contributed by atoms with van der Waals surface area (Å²) in [6.45, 7) is 0. The highest BCUT2D eigenvalue weighted by atomic mass is 16.5. The Morgan fingerprint density at radius 2 is 2.22 bits per heavy atom. The van der Waals surface area contributed by atoms with Crippen LogP contribution in [0.4, 0.5) is 10.5 Å². The number of amides is 1. The predicted octanol–water partition coefficient (Wildman–Crippen LogP) is 2.19. The van der Waals surface area contributed by atoms with E-state index in [-0.39, 0.29) is 0 Å². The molecule has 1 unspecified atom stereocenters. The van der Waals surface area contributed by atoms with Gasteiger partial charge in [-0.05, 0) is 24.3 Å². The first kappa shape index (κ1) is 12.0. The van der Waals surface area contributed by atoms with Gasteiger partial charge in [-0.1, -0.05) is 6.08 Å². The predicted molar refractivity (Wildman–Crippen MR) is 66.3 cm³/mol. The highest BCUT2D eigenvalue weighted by Gasteiger charge is 2.28. The highest BCUT2D eigenvalue weighted by Crippen LogP contribution is 2.32. The van der Waals surface area contributed by atoms with E-state index in [1.165, 1.54) is 12.0 Å². The number of carbonyl (C=O) groups is 1. The van der Waals surface area contributed by atoms with E-state index in [1.54, 1.807) is 37.5 Å². The number of fused-ring (bicyclic) bond motifs is 1. The Kier molecular flexibility index (Phi) is 3.20. The fourth-order valence-electron chi connectivity index (χ4n) is 1.85. The molecule has 0 N–H and O–H groups in total. The van der Waals surface area contributed by atoms with Crippen LogP contribution >= 0.6 is 0 Å². The van der Waals surface area contributed by atoms with Crippen molar-refractivity contribution in [2.24, 2.45) is 0 Å². The number of anilines is 1. The molecule has 0 saturated heterocycles. The highest BCUT2D eigenvalue weighted by molar-refractivity contribution is 5.94. The largest absolute Gasteiger partial charge is 0.497 e. The third-order valence-electron chi connectivity index (χ3n) is 2.73. The Bertz CT molecular complexity index is 546. The SMILES string of the molecule is COC(=O)N1c2ccc(OC)cc2C=CC1C#N. The van der Waals surface area contributed by atoms with Crippen LogP contribution in [-0.2, 0) is 4.74 Å². The van der Waals surface area contributed by atoms with E-state index in [2.05, 4.69) is 0 Å². The molecule has 0 bridgehead atoms. The number of hydrogen-bond donors (Lipinski definition) is 0. The molecule has 1 aromatic rings. The van der Waals surface area contributed by atoms with Crippen molar-refractivity contribution in [2.75, 3.05) is 19.1 Å². The summed E-state index contributed by atoms with van der Waals surface area (Å²) in [6.07, 6.45) is 2.89. The summed E-state index contributed by atoms with van der Waals surface area (Å²) < 4.78 is 9.83. The Morgan fingerprint density at radius 1 is 1.44 bits per heavy atom. The number of rotatable bonds is 1. The van der Waals surface area contributed by atoms with Gasteiger partial charge in [-0.3, -0.25) is 4.90 Å². The number of hydrogen-bond acceptors (Lipinski definition) is 4. The lowest BCUT2D eigenvalue weighted by Gasteiger charge is -2.28. The van der Waals surface area contributed by atoms with Crippen molar-refractivity contribution in [3.63, 3.8) is 0 Å². The molecule has 0 spiro atoms. The molecule has 5 heteroatoms. The van der Waals surface area contributed by atoms with E-state index in [0.29, 0.717) is 11.4 Å². The second kappa shape index (κ2) is 4.80. The van der Waals surface area contributed by atoms with Crippen molar-refractivity contribution in [2.45, 2.75) is 6.04 Å². The summed E-state index contributed by atoms with van der Waals surface area (Å²) in [4.78, 5) is 13.1. The monoisotopic (exact) mass is 244 g/mol. The van der Waals surface area contributed by atoms with E-state index in [1.807, 2.05) is 6.07 Å². The summed E-state index contributed by atoms with van der Waals surface area (Å²) in [5.41, 5.74) is 1.45. The van der Waals surface area contributed by atoms with E-state index in [9.17, 15) is 4.79 Å². The topological polar surface area (TPSA) is 62.6 Å². The molecule has 5 nitrogen and oxygen atoms in total. The smallest absolute Gasteiger partial charge is 0.415 e. The molecule has 1 aliphatic rings. The van der Waals surface area contributed by atoms with Crippen molar-refractivity contribution in [1.29, 1.82) is 5.26 Å². The fraction of sp³-hybridized carbons (Fsp3) is 0.231. The lowest BCUT2D eigenvalue weighted by Crippen LogP contribution is -2.40. The molecule has 0 aromatic heterocycles. The quantitative estimate of drug-likeness (QED) is 0.759. The van der Waals surface area contributed by atoms with Gasteiger partial charge in [0.1, 0.15) is 11.8 Å². The first-order valence-electron chi connectivity index (χ1n) is 5.34. The third-order valence-corrected chi connectivity index (χ3v) is 2.73. The second-order valence-electron chi connectivity index (χ2n) is 3.70. The van der Waals surface area contributed by atoms with Crippen LogP contribution in [0, 0.1) is 11.3 Å². The number of ether oxygens (including phenoxy) is 2. The third kappa shape index (κ3) is 1.89. The van der Waals surface area contributed by atoms with E-state index >= 15 is 0 Å². The normalized spacial score (nSPS) is 16.7. The van der Waals surface area contributed by atoms with E-state index in [0.717, 1.165) is 5.56 Å². The number of carbonyl (C=O) groups excluding carboxylic acids is 1. The van der Waals surface area contributed by atoms with Gasteiger partial charge in [0.15, 0.2) is 0 Å². The molecule has 0 saturated carbocycles. The van der Waals surface area contributed by atoms with Crippen LogP contribution < -0.4 is 9.64 Å². The van der Waals surface area contributed by atoms with Crippen LogP contribution in [0.5, 0.6) is 5.75 Å². The number of methoxy groups -OCH3 is 2. The zero-order valence-corrected chi connectivity index (χ0v) is 10.1. The van der Waals surface area contributed by atoms with Gasteiger partial charge in [0.25, 0.3) is 0 Å². The van der Waals surface area contributed by atoms with Crippen LogP contribution in [0.25, 0.3) is 6.08 Å². The number of benzene rings is 1. The molecular formula is C13H12N2O3. The maximum Gasteiger partial charge on any atom is 0.415 e. The van der Waals surface area contributed by atoms with Crippen LogP contribution in [-0.4, -0.2) is 26.4 Å². The van der Waals surface area contributed by atoms with Gasteiger partial charge in [0.2, 0.25) is 0 Å². The first-order valence-corrected chi connectivity index (χ1v) is 5.34.